The van der Waals surface area contributed by atoms with Gasteiger partial charge in [0, 0.05) is 36.3 Å². The Kier molecular flexibility index (Phi) is 4.03. The average Bonchev–Trinajstić information content (AvgIpc) is 2.96. The zero-order valence-corrected chi connectivity index (χ0v) is 13.9. The van der Waals surface area contributed by atoms with Gasteiger partial charge < -0.3 is 14.6 Å². The Bertz CT molecular complexity index is 841. The number of rotatable bonds is 1. The lowest BCUT2D eigenvalue weighted by Gasteiger charge is -2.24. The molecule has 1 aliphatic rings. The van der Waals surface area contributed by atoms with Crippen LogP contribution in [0.4, 0.5) is 9.18 Å². The lowest BCUT2D eigenvalue weighted by molar-refractivity contribution is 0.0292. The summed E-state index contributed by atoms with van der Waals surface area (Å²) in [5.74, 6) is -0.580. The van der Waals surface area contributed by atoms with Crippen molar-refractivity contribution in [3.63, 3.8) is 0 Å². The van der Waals surface area contributed by atoms with Crippen LogP contribution in [0.5, 0.6) is 0 Å². The highest BCUT2D eigenvalue weighted by Gasteiger charge is 2.31. The van der Waals surface area contributed by atoms with E-state index in [1.165, 1.54) is 6.20 Å². The summed E-state index contributed by atoms with van der Waals surface area (Å²) in [5.41, 5.74) is -0.295. The van der Waals surface area contributed by atoms with E-state index in [0.717, 1.165) is 6.20 Å². The maximum Gasteiger partial charge on any atom is 0.410 e. The maximum atomic E-state index is 13.9. The molecule has 1 aliphatic heterocycles. The molecule has 0 spiro atoms. The molecule has 128 valence electrons. The molecule has 7 heteroatoms. The molecule has 1 unspecified atom stereocenters. The summed E-state index contributed by atoms with van der Waals surface area (Å²) >= 11 is 0. The highest BCUT2D eigenvalue weighted by atomic mass is 19.1. The third kappa shape index (κ3) is 3.25. The monoisotopic (exact) mass is 333 g/mol. The quantitative estimate of drug-likeness (QED) is 0.871. The van der Waals surface area contributed by atoms with Crippen LogP contribution < -0.4 is 5.56 Å². The molecule has 0 bridgehead atoms. The number of hydrogen-bond donors (Lipinski definition) is 1. The number of carbonyl (C=O) groups excluding carboxylic acids is 1. The Hall–Kier alpha value is -2.44. The molecule has 1 N–H and O–H groups in total. The number of hydrogen-bond acceptors (Lipinski definition) is 4. The number of nitrogens with one attached hydrogen (secondary N) is 1. The van der Waals surface area contributed by atoms with Crippen LogP contribution in [0.3, 0.4) is 0 Å². The summed E-state index contributed by atoms with van der Waals surface area (Å²) in [6, 6.07) is 1.64. The van der Waals surface area contributed by atoms with Gasteiger partial charge in [0.25, 0.3) is 5.56 Å². The van der Waals surface area contributed by atoms with E-state index in [4.69, 9.17) is 4.74 Å². The van der Waals surface area contributed by atoms with Gasteiger partial charge in [-0.25, -0.2) is 9.18 Å². The van der Waals surface area contributed by atoms with E-state index < -0.39 is 11.4 Å². The summed E-state index contributed by atoms with van der Waals surface area (Å²) < 4.78 is 19.3. The topological polar surface area (TPSA) is 75.3 Å². The first-order valence-electron chi connectivity index (χ1n) is 7.89. The highest BCUT2D eigenvalue weighted by molar-refractivity contribution is 5.81. The van der Waals surface area contributed by atoms with Crippen molar-refractivity contribution >= 4 is 16.9 Å². The van der Waals surface area contributed by atoms with Gasteiger partial charge >= 0.3 is 6.09 Å². The SMILES string of the molecule is CC(C)(C)OC(=O)N1CCC(c2cc3c(F)cncc3c(=O)[nH]2)C1. The van der Waals surface area contributed by atoms with Crippen LogP contribution in [0.15, 0.2) is 23.3 Å². The van der Waals surface area contributed by atoms with E-state index in [1.54, 1.807) is 11.0 Å². The number of fused-ring (bicyclic) bond motifs is 1. The van der Waals surface area contributed by atoms with Crippen LogP contribution >= 0.6 is 0 Å². The number of halogens is 1. The van der Waals surface area contributed by atoms with Crippen molar-refractivity contribution in [1.29, 1.82) is 0 Å². The average molecular weight is 333 g/mol. The lowest BCUT2D eigenvalue weighted by atomic mass is 10.0. The molecular formula is C17H20FN3O3. The second-order valence-electron chi connectivity index (χ2n) is 7.05. The minimum absolute atomic E-state index is 0.0535. The number of amides is 1. The minimum Gasteiger partial charge on any atom is -0.444 e. The summed E-state index contributed by atoms with van der Waals surface area (Å²) in [6.45, 7) is 6.42. The van der Waals surface area contributed by atoms with Gasteiger partial charge in [0.1, 0.15) is 11.4 Å². The van der Waals surface area contributed by atoms with E-state index in [0.29, 0.717) is 25.2 Å². The number of likely N-dealkylation sites (tertiary alicyclic amines) is 1. The molecule has 0 aromatic carbocycles. The fourth-order valence-corrected chi connectivity index (χ4v) is 2.89. The molecule has 6 nitrogen and oxygen atoms in total. The van der Waals surface area contributed by atoms with E-state index >= 15 is 0 Å². The van der Waals surface area contributed by atoms with Gasteiger partial charge in [-0.3, -0.25) is 9.78 Å². The predicted octanol–water partition coefficient (Wildman–Crippen LogP) is 2.79. The molecule has 0 aliphatic carbocycles. The molecule has 3 heterocycles. The first-order chi connectivity index (χ1) is 11.2. The van der Waals surface area contributed by atoms with Crippen molar-refractivity contribution < 1.29 is 13.9 Å². The fraction of sp³-hybridized carbons (Fsp3) is 0.471. The van der Waals surface area contributed by atoms with Crippen LogP contribution in [-0.4, -0.2) is 39.7 Å². The van der Waals surface area contributed by atoms with Crippen LogP contribution in [0.1, 0.15) is 38.8 Å². The van der Waals surface area contributed by atoms with Crippen molar-refractivity contribution in [3.8, 4) is 0 Å². The molecule has 3 rings (SSSR count). The molecule has 1 saturated heterocycles. The smallest absolute Gasteiger partial charge is 0.410 e. The standard InChI is InChI=1S/C17H20FN3O3/c1-17(2,3)24-16(23)21-5-4-10(9-21)14-6-11-12(15(22)20-14)7-19-8-13(11)18/h6-8,10H,4-5,9H2,1-3H3,(H,20,22). The Balaban J connectivity index is 1.84. The number of pyridine rings is 2. The molecule has 24 heavy (non-hydrogen) atoms. The van der Waals surface area contributed by atoms with Crippen LogP contribution in [0.2, 0.25) is 0 Å². The van der Waals surface area contributed by atoms with Gasteiger partial charge in [0.2, 0.25) is 0 Å². The number of ether oxygens (including phenoxy) is 1. The van der Waals surface area contributed by atoms with E-state index in [2.05, 4.69) is 9.97 Å². The third-order valence-corrected chi connectivity index (χ3v) is 4.02. The largest absolute Gasteiger partial charge is 0.444 e. The summed E-state index contributed by atoms with van der Waals surface area (Å²) in [4.78, 5) is 32.4. The number of aromatic amines is 1. The van der Waals surface area contributed by atoms with Gasteiger partial charge in [0.05, 0.1) is 11.6 Å². The second kappa shape index (κ2) is 5.89. The van der Waals surface area contributed by atoms with Crippen molar-refractivity contribution in [1.82, 2.24) is 14.9 Å². The highest BCUT2D eigenvalue weighted by Crippen LogP contribution is 2.28. The first-order valence-corrected chi connectivity index (χ1v) is 7.89. The Morgan fingerprint density at radius 2 is 2.12 bits per heavy atom. The van der Waals surface area contributed by atoms with Crippen molar-refractivity contribution in [2.75, 3.05) is 13.1 Å². The van der Waals surface area contributed by atoms with Gasteiger partial charge in [-0.15, -0.1) is 0 Å². The summed E-state index contributed by atoms with van der Waals surface area (Å²) in [7, 11) is 0. The number of nitrogens with zero attached hydrogens (tertiary/aromatic N) is 2. The lowest BCUT2D eigenvalue weighted by Crippen LogP contribution is -2.35. The molecule has 1 amide bonds. The van der Waals surface area contributed by atoms with E-state index in [-0.39, 0.29) is 28.3 Å². The molecule has 2 aromatic heterocycles. The van der Waals surface area contributed by atoms with Crippen molar-refractivity contribution in [2.45, 2.75) is 38.7 Å². The van der Waals surface area contributed by atoms with Gasteiger partial charge in [-0.05, 0) is 33.3 Å². The second-order valence-corrected chi connectivity index (χ2v) is 7.05. The van der Waals surface area contributed by atoms with Crippen molar-refractivity contribution in [2.24, 2.45) is 0 Å². The van der Waals surface area contributed by atoms with E-state index in [9.17, 15) is 14.0 Å². The Labute approximate surface area is 138 Å². The summed E-state index contributed by atoms with van der Waals surface area (Å²) in [6.07, 6.45) is 2.76. The van der Waals surface area contributed by atoms with Crippen LogP contribution in [0.25, 0.3) is 10.8 Å². The molecule has 2 aromatic rings. The number of aromatic nitrogens is 2. The van der Waals surface area contributed by atoms with Gasteiger partial charge in [0.15, 0.2) is 0 Å². The summed E-state index contributed by atoms with van der Waals surface area (Å²) in [5, 5.41) is 0.472. The maximum absolute atomic E-state index is 13.9. The predicted molar refractivity (Wildman–Crippen MR) is 87.5 cm³/mol. The third-order valence-electron chi connectivity index (χ3n) is 4.02. The van der Waals surface area contributed by atoms with E-state index in [1.807, 2.05) is 20.8 Å². The van der Waals surface area contributed by atoms with Gasteiger partial charge in [-0.2, -0.15) is 0 Å². The molecule has 1 fully saturated rings. The Morgan fingerprint density at radius 1 is 1.38 bits per heavy atom. The number of H-pyrrole nitrogens is 1. The first kappa shape index (κ1) is 16.4. The van der Waals surface area contributed by atoms with Crippen LogP contribution in [0, 0.1) is 5.82 Å². The normalized spacial score (nSPS) is 18.2. The van der Waals surface area contributed by atoms with Gasteiger partial charge in [-0.1, -0.05) is 0 Å². The van der Waals surface area contributed by atoms with Crippen molar-refractivity contribution in [3.05, 3.63) is 40.3 Å². The molecular weight excluding hydrogens is 313 g/mol. The zero-order chi connectivity index (χ0) is 17.5. The van der Waals surface area contributed by atoms with Crippen LogP contribution in [-0.2, 0) is 4.74 Å². The molecule has 1 atom stereocenters. The number of carbonyl (C=O) groups is 1. The molecule has 0 radical (unpaired) electrons. The fourth-order valence-electron chi connectivity index (χ4n) is 2.89. The Morgan fingerprint density at radius 3 is 2.83 bits per heavy atom. The minimum atomic E-state index is -0.553. The zero-order valence-electron chi connectivity index (χ0n) is 13.9. The molecule has 0 saturated carbocycles.